The molecule has 0 unspecified atom stereocenters. The molecule has 0 bridgehead atoms. The van der Waals surface area contributed by atoms with E-state index in [2.05, 4.69) is 16.5 Å². The average molecular weight is 290 g/mol. The Morgan fingerprint density at radius 2 is 2.35 bits per heavy atom. The van der Waals surface area contributed by atoms with Crippen molar-refractivity contribution in [3.8, 4) is 0 Å². The highest BCUT2D eigenvalue weighted by molar-refractivity contribution is 6.32. The zero-order valence-electron chi connectivity index (χ0n) is 11.5. The van der Waals surface area contributed by atoms with Crippen LogP contribution in [0.4, 0.5) is 0 Å². The van der Waals surface area contributed by atoms with Gasteiger partial charge < -0.3 is 5.32 Å². The van der Waals surface area contributed by atoms with Crippen molar-refractivity contribution in [3.63, 3.8) is 0 Å². The van der Waals surface area contributed by atoms with Crippen LogP contribution in [0, 0.1) is 0 Å². The second-order valence-corrected chi connectivity index (χ2v) is 5.52. The Morgan fingerprint density at radius 3 is 3.10 bits per heavy atom. The largest absolute Gasteiger partial charge is 0.353 e. The number of carbonyl (C=O) groups is 1. The van der Waals surface area contributed by atoms with Crippen LogP contribution in [0.25, 0.3) is 16.5 Å². The van der Waals surface area contributed by atoms with Gasteiger partial charge >= 0.3 is 0 Å². The molecule has 104 valence electrons. The van der Waals surface area contributed by atoms with Gasteiger partial charge in [-0.3, -0.25) is 9.48 Å². The number of aryl methyl sites for hydroxylation is 1. The molecule has 0 saturated carbocycles. The van der Waals surface area contributed by atoms with Gasteiger partial charge in [0.15, 0.2) is 0 Å². The first-order chi connectivity index (χ1) is 9.56. The minimum absolute atomic E-state index is 0.0160. The molecule has 0 radical (unpaired) electrons. The highest BCUT2D eigenvalue weighted by Crippen LogP contribution is 2.41. The first kappa shape index (κ1) is 13.2. The number of aromatic nitrogens is 2. The third-order valence-electron chi connectivity index (χ3n) is 3.65. The number of benzene rings is 1. The highest BCUT2D eigenvalue weighted by atomic mass is 35.5. The lowest BCUT2D eigenvalue weighted by atomic mass is 10.0. The van der Waals surface area contributed by atoms with Gasteiger partial charge in [0.05, 0.1) is 5.52 Å². The smallest absolute Gasteiger partial charge is 0.217 e. The number of nitrogens with zero attached hydrogens (tertiary/aromatic N) is 2. The van der Waals surface area contributed by atoms with Crippen LogP contribution in [-0.4, -0.2) is 22.2 Å². The molecular formula is C15H16ClN3O. The second-order valence-electron chi connectivity index (χ2n) is 5.11. The average Bonchev–Trinajstić information content (AvgIpc) is 2.92. The molecule has 5 heteroatoms. The van der Waals surface area contributed by atoms with Crippen molar-refractivity contribution < 1.29 is 4.79 Å². The zero-order valence-corrected chi connectivity index (χ0v) is 12.3. The Morgan fingerprint density at radius 1 is 1.55 bits per heavy atom. The number of nitrogens with one attached hydrogen (secondary N) is 1. The Bertz CT molecular complexity index is 730. The standard InChI is InChI=1S/C15H16ClN3O/c1-9(20)17-6-5-10-3-4-11-13(16)7-14-12(15(10)11)8-19(2)18-14/h5,7-8H,3-4,6H2,1-2H3,(H,17,20). The summed E-state index contributed by atoms with van der Waals surface area (Å²) in [5.74, 6) is -0.0160. The summed E-state index contributed by atoms with van der Waals surface area (Å²) in [4.78, 5) is 11.0. The molecule has 1 aromatic heterocycles. The summed E-state index contributed by atoms with van der Waals surface area (Å²) in [5, 5.41) is 9.16. The number of rotatable bonds is 2. The fourth-order valence-corrected chi connectivity index (χ4v) is 3.10. The SMILES string of the molecule is CC(=O)NCC=C1CCc2c(Cl)cc3nn(C)cc3c21. The molecule has 0 fully saturated rings. The molecule has 1 amide bonds. The molecule has 1 aliphatic carbocycles. The Balaban J connectivity index is 2.08. The van der Waals surface area contributed by atoms with E-state index in [0.717, 1.165) is 28.8 Å². The van der Waals surface area contributed by atoms with Crippen molar-refractivity contribution in [1.29, 1.82) is 0 Å². The van der Waals surface area contributed by atoms with E-state index in [4.69, 9.17) is 11.6 Å². The van der Waals surface area contributed by atoms with Crippen molar-refractivity contribution in [1.82, 2.24) is 15.1 Å². The van der Waals surface area contributed by atoms with Crippen LogP contribution in [0.3, 0.4) is 0 Å². The van der Waals surface area contributed by atoms with Gasteiger partial charge in [-0.2, -0.15) is 5.10 Å². The lowest BCUT2D eigenvalue weighted by molar-refractivity contribution is -0.118. The summed E-state index contributed by atoms with van der Waals surface area (Å²) in [5.41, 5.74) is 4.56. The van der Waals surface area contributed by atoms with E-state index in [1.165, 1.54) is 23.6 Å². The van der Waals surface area contributed by atoms with Gasteiger partial charge in [-0.25, -0.2) is 0 Å². The summed E-state index contributed by atoms with van der Waals surface area (Å²) >= 11 is 6.36. The number of hydrogen-bond acceptors (Lipinski definition) is 2. The predicted molar refractivity (Wildman–Crippen MR) is 80.7 cm³/mol. The van der Waals surface area contributed by atoms with Gasteiger partial charge in [-0.15, -0.1) is 0 Å². The maximum absolute atomic E-state index is 11.0. The lowest BCUT2D eigenvalue weighted by Crippen LogP contribution is -2.19. The van der Waals surface area contributed by atoms with E-state index in [9.17, 15) is 4.79 Å². The molecule has 1 aromatic carbocycles. The van der Waals surface area contributed by atoms with Gasteiger partial charge in [0.1, 0.15) is 0 Å². The third-order valence-corrected chi connectivity index (χ3v) is 3.98. The van der Waals surface area contributed by atoms with Crippen LogP contribution < -0.4 is 5.32 Å². The van der Waals surface area contributed by atoms with Crippen LogP contribution in [0.1, 0.15) is 24.5 Å². The van der Waals surface area contributed by atoms with E-state index in [0.29, 0.717) is 6.54 Å². The van der Waals surface area contributed by atoms with Gasteiger partial charge in [0.2, 0.25) is 5.91 Å². The number of fused-ring (bicyclic) bond motifs is 3. The highest BCUT2D eigenvalue weighted by Gasteiger charge is 2.23. The normalized spacial score (nSPS) is 15.8. The zero-order chi connectivity index (χ0) is 14.3. The molecule has 0 spiro atoms. The third kappa shape index (κ3) is 2.20. The van der Waals surface area contributed by atoms with Crippen molar-refractivity contribution >= 4 is 34.0 Å². The molecule has 0 saturated heterocycles. The summed E-state index contributed by atoms with van der Waals surface area (Å²) in [6.07, 6.45) is 6.02. The maximum Gasteiger partial charge on any atom is 0.217 e. The van der Waals surface area contributed by atoms with E-state index >= 15 is 0 Å². The molecule has 4 nitrogen and oxygen atoms in total. The minimum atomic E-state index is -0.0160. The summed E-state index contributed by atoms with van der Waals surface area (Å²) < 4.78 is 1.81. The second kappa shape index (κ2) is 4.94. The molecule has 1 heterocycles. The number of allylic oxidation sites excluding steroid dienone is 1. The monoisotopic (exact) mass is 289 g/mol. The van der Waals surface area contributed by atoms with E-state index in [1.807, 2.05) is 24.0 Å². The molecule has 20 heavy (non-hydrogen) atoms. The van der Waals surface area contributed by atoms with Crippen LogP contribution in [0.15, 0.2) is 18.3 Å². The van der Waals surface area contributed by atoms with Gasteiger partial charge in [0, 0.05) is 37.1 Å². The van der Waals surface area contributed by atoms with Crippen LogP contribution >= 0.6 is 11.6 Å². The summed E-state index contributed by atoms with van der Waals surface area (Å²) in [7, 11) is 1.91. The van der Waals surface area contributed by atoms with Crippen LogP contribution in [-0.2, 0) is 18.3 Å². The van der Waals surface area contributed by atoms with Crippen molar-refractivity contribution in [2.24, 2.45) is 7.05 Å². The number of halogens is 1. The Hall–Kier alpha value is -1.81. The van der Waals surface area contributed by atoms with Crippen molar-refractivity contribution in [3.05, 3.63) is 34.5 Å². The Kier molecular flexibility index (Phi) is 3.26. The van der Waals surface area contributed by atoms with Crippen LogP contribution in [0.2, 0.25) is 5.02 Å². The molecule has 3 rings (SSSR count). The van der Waals surface area contributed by atoms with E-state index in [-0.39, 0.29) is 5.91 Å². The number of carbonyl (C=O) groups excluding carboxylic acids is 1. The number of hydrogen-bond donors (Lipinski definition) is 1. The lowest BCUT2D eigenvalue weighted by Gasteiger charge is -2.05. The van der Waals surface area contributed by atoms with Gasteiger partial charge in [-0.05, 0) is 35.6 Å². The van der Waals surface area contributed by atoms with Gasteiger partial charge in [0.25, 0.3) is 0 Å². The molecule has 2 aromatic rings. The molecule has 1 aliphatic rings. The summed E-state index contributed by atoms with van der Waals surface area (Å²) in [6.45, 7) is 2.08. The molecule has 0 atom stereocenters. The Labute approximate surface area is 122 Å². The maximum atomic E-state index is 11.0. The topological polar surface area (TPSA) is 46.9 Å². The fraction of sp³-hybridized carbons (Fsp3) is 0.333. The fourth-order valence-electron chi connectivity index (χ4n) is 2.81. The molecule has 1 N–H and O–H groups in total. The first-order valence-electron chi connectivity index (χ1n) is 6.65. The molecular weight excluding hydrogens is 274 g/mol. The predicted octanol–water partition coefficient (Wildman–Crippen LogP) is 2.69. The number of amides is 1. The van der Waals surface area contributed by atoms with Crippen molar-refractivity contribution in [2.75, 3.05) is 6.54 Å². The summed E-state index contributed by atoms with van der Waals surface area (Å²) in [6, 6.07) is 1.94. The van der Waals surface area contributed by atoms with Gasteiger partial charge in [-0.1, -0.05) is 17.7 Å². The minimum Gasteiger partial charge on any atom is -0.353 e. The quantitative estimate of drug-likeness (QED) is 0.924. The van der Waals surface area contributed by atoms with Crippen molar-refractivity contribution in [2.45, 2.75) is 19.8 Å². The van der Waals surface area contributed by atoms with E-state index < -0.39 is 0 Å². The van der Waals surface area contributed by atoms with Crippen LogP contribution in [0.5, 0.6) is 0 Å². The molecule has 0 aliphatic heterocycles. The first-order valence-corrected chi connectivity index (χ1v) is 7.02. The van der Waals surface area contributed by atoms with E-state index in [1.54, 1.807) is 0 Å².